The molecule has 4 nitrogen and oxygen atoms in total. The first-order valence-electron chi connectivity index (χ1n) is 5.54. The second-order valence-corrected chi connectivity index (χ2v) is 6.15. The number of hydrogen-bond donors (Lipinski definition) is 1. The Hall–Kier alpha value is -1.19. The third kappa shape index (κ3) is 5.06. The van der Waals surface area contributed by atoms with Gasteiger partial charge in [-0.25, -0.2) is 4.39 Å². The summed E-state index contributed by atoms with van der Waals surface area (Å²) in [5.74, 6) is -0.617. The van der Waals surface area contributed by atoms with E-state index < -0.39 is 28.7 Å². The lowest BCUT2D eigenvalue weighted by molar-refractivity contribution is -0.121. The van der Waals surface area contributed by atoms with Gasteiger partial charge in [0, 0.05) is 19.2 Å². The molecule has 1 rings (SSSR count). The van der Waals surface area contributed by atoms with Crippen LogP contribution in [0.2, 0.25) is 0 Å². The van der Waals surface area contributed by atoms with Gasteiger partial charge in [-0.15, -0.1) is 0 Å². The molecule has 0 aliphatic carbocycles. The van der Waals surface area contributed by atoms with Crippen molar-refractivity contribution in [1.29, 1.82) is 0 Å². The molecule has 9 heteroatoms. The Morgan fingerprint density at radius 2 is 1.90 bits per heavy atom. The predicted octanol–water partition coefficient (Wildman–Crippen LogP) is 1.96. The maximum atomic E-state index is 13.5. The lowest BCUT2D eigenvalue weighted by Gasteiger charge is -2.19. The van der Waals surface area contributed by atoms with Crippen LogP contribution >= 0.6 is 0 Å². The first-order chi connectivity index (χ1) is 9.01. The lowest BCUT2D eigenvalue weighted by Crippen LogP contribution is -2.42. The topological polar surface area (TPSA) is 49.4 Å². The van der Waals surface area contributed by atoms with Crippen molar-refractivity contribution in [2.24, 2.45) is 0 Å². The molecule has 0 amide bonds. The summed E-state index contributed by atoms with van der Waals surface area (Å²) in [5.41, 5.74) is 0.806. The molecule has 20 heavy (non-hydrogen) atoms. The van der Waals surface area contributed by atoms with Gasteiger partial charge in [-0.2, -0.15) is 30.6 Å². The van der Waals surface area contributed by atoms with Crippen molar-refractivity contribution in [2.45, 2.75) is 19.6 Å². The zero-order chi connectivity index (χ0) is 15.6. The van der Waals surface area contributed by atoms with Gasteiger partial charge in [-0.1, -0.05) is 17.7 Å². The smallest absolute Gasteiger partial charge is 0.207 e. The quantitative estimate of drug-likeness (QED) is 0.845. The summed E-state index contributed by atoms with van der Waals surface area (Å²) >= 11 is 0. The number of hydrogen-bond acceptors (Lipinski definition) is 2. The van der Waals surface area contributed by atoms with E-state index in [1.165, 1.54) is 22.9 Å². The number of aryl methyl sites for hydroxylation is 1. The normalized spacial score (nSPS) is 12.9. The fourth-order valence-electron chi connectivity index (χ4n) is 1.43. The monoisotopic (exact) mass is 314 g/mol. The molecule has 0 saturated heterocycles. The van der Waals surface area contributed by atoms with Crippen LogP contribution in [-0.2, 0) is 16.8 Å². The fourth-order valence-corrected chi connectivity index (χ4v) is 2.31. The minimum atomic E-state index is -4.65. The highest BCUT2D eigenvalue weighted by Gasteiger charge is 2.31. The number of rotatable bonds is 5. The molecule has 0 unspecified atom stereocenters. The molecule has 1 N–H and O–H groups in total. The van der Waals surface area contributed by atoms with E-state index >= 15 is 0 Å². The van der Waals surface area contributed by atoms with Crippen LogP contribution in [0.1, 0.15) is 11.1 Å². The second kappa shape index (κ2) is 6.06. The lowest BCUT2D eigenvalue weighted by atomic mass is 10.1. The van der Waals surface area contributed by atoms with Gasteiger partial charge in [0.1, 0.15) is 12.4 Å². The van der Waals surface area contributed by atoms with Crippen LogP contribution < -0.4 is 4.72 Å². The molecule has 114 valence electrons. The summed E-state index contributed by atoms with van der Waals surface area (Å²) in [6, 6.07) is 4.12. The average molecular weight is 314 g/mol. The van der Waals surface area contributed by atoms with Gasteiger partial charge >= 0.3 is 6.18 Å². The molecule has 0 saturated carbocycles. The van der Waals surface area contributed by atoms with E-state index in [-0.39, 0.29) is 12.1 Å². The van der Waals surface area contributed by atoms with Crippen LogP contribution in [0.25, 0.3) is 0 Å². The fraction of sp³-hybridized carbons (Fsp3) is 0.455. The van der Waals surface area contributed by atoms with Crippen molar-refractivity contribution in [3.63, 3.8) is 0 Å². The Bertz CT molecular complexity index is 572. The molecule has 0 aromatic heterocycles. The molecule has 0 heterocycles. The van der Waals surface area contributed by atoms with Crippen LogP contribution in [0.5, 0.6) is 0 Å². The van der Waals surface area contributed by atoms with Gasteiger partial charge in [-0.05, 0) is 13.0 Å². The molecular weight excluding hydrogens is 300 g/mol. The molecule has 0 radical (unpaired) electrons. The maximum absolute atomic E-state index is 13.5. The van der Waals surface area contributed by atoms with Crippen LogP contribution in [0.3, 0.4) is 0 Å². The molecule has 0 bridgehead atoms. The zero-order valence-corrected chi connectivity index (χ0v) is 11.6. The molecule has 0 fully saturated rings. The average Bonchev–Trinajstić information content (AvgIpc) is 2.30. The van der Waals surface area contributed by atoms with Gasteiger partial charge in [-0.3, -0.25) is 0 Å². The van der Waals surface area contributed by atoms with Crippen LogP contribution in [0.15, 0.2) is 18.2 Å². The summed E-state index contributed by atoms with van der Waals surface area (Å²) in [6.07, 6.45) is -4.65. The van der Waals surface area contributed by atoms with Crippen molar-refractivity contribution in [2.75, 3.05) is 13.6 Å². The highest BCUT2D eigenvalue weighted by atomic mass is 32.2. The van der Waals surface area contributed by atoms with Gasteiger partial charge in [0.25, 0.3) is 10.2 Å². The molecule has 1 aromatic carbocycles. The van der Waals surface area contributed by atoms with Gasteiger partial charge in [0.05, 0.1) is 0 Å². The van der Waals surface area contributed by atoms with Gasteiger partial charge in [0.2, 0.25) is 0 Å². The second-order valence-electron chi connectivity index (χ2n) is 4.29. The standard InChI is InChI=1S/C11H14F4N2O2S/c1-8-3-4-10(12)9(5-8)6-17(2)20(18,19)16-7-11(13,14)15/h3-5,16H,6-7H2,1-2H3. The zero-order valence-electron chi connectivity index (χ0n) is 10.8. The Morgan fingerprint density at radius 1 is 1.30 bits per heavy atom. The third-order valence-corrected chi connectivity index (χ3v) is 3.92. The summed E-state index contributed by atoms with van der Waals surface area (Å²) in [5, 5.41) is 0. The minimum absolute atomic E-state index is 0.0879. The van der Waals surface area contributed by atoms with Gasteiger partial charge < -0.3 is 0 Å². The maximum Gasteiger partial charge on any atom is 0.402 e. The number of alkyl halides is 3. The Morgan fingerprint density at radius 3 is 2.45 bits per heavy atom. The van der Waals surface area contributed by atoms with Crippen molar-refractivity contribution in [1.82, 2.24) is 9.03 Å². The first-order valence-corrected chi connectivity index (χ1v) is 6.98. The molecule has 1 aromatic rings. The van der Waals surface area contributed by atoms with E-state index in [2.05, 4.69) is 0 Å². The summed E-state index contributed by atoms with van der Waals surface area (Å²) in [6.45, 7) is -0.337. The van der Waals surface area contributed by atoms with E-state index in [4.69, 9.17) is 0 Å². The van der Waals surface area contributed by atoms with E-state index in [0.29, 0.717) is 4.31 Å². The summed E-state index contributed by atoms with van der Waals surface area (Å²) in [7, 11) is -3.25. The third-order valence-electron chi connectivity index (χ3n) is 2.46. The number of nitrogens with one attached hydrogen (secondary N) is 1. The molecular formula is C11H14F4N2O2S. The highest BCUT2D eigenvalue weighted by Crippen LogP contribution is 2.15. The van der Waals surface area contributed by atoms with Crippen molar-refractivity contribution in [3.05, 3.63) is 35.1 Å². The largest absolute Gasteiger partial charge is 0.402 e. The van der Waals surface area contributed by atoms with Crippen molar-refractivity contribution in [3.8, 4) is 0 Å². The molecule has 0 aliphatic heterocycles. The van der Waals surface area contributed by atoms with Gasteiger partial charge in [0.15, 0.2) is 0 Å². The Kier molecular flexibility index (Phi) is 5.11. The summed E-state index contributed by atoms with van der Waals surface area (Å²) in [4.78, 5) is 0. The first kappa shape index (κ1) is 16.9. The van der Waals surface area contributed by atoms with Crippen molar-refractivity contribution < 1.29 is 26.0 Å². The van der Waals surface area contributed by atoms with E-state index in [0.717, 1.165) is 12.6 Å². The van der Waals surface area contributed by atoms with E-state index in [1.54, 1.807) is 6.92 Å². The molecule has 0 atom stereocenters. The van der Waals surface area contributed by atoms with E-state index in [9.17, 15) is 26.0 Å². The molecule has 0 aliphatic rings. The number of halogens is 4. The van der Waals surface area contributed by atoms with Crippen LogP contribution in [-0.4, -0.2) is 32.5 Å². The van der Waals surface area contributed by atoms with Crippen LogP contribution in [0, 0.1) is 12.7 Å². The van der Waals surface area contributed by atoms with Crippen molar-refractivity contribution >= 4 is 10.2 Å². The minimum Gasteiger partial charge on any atom is -0.207 e. The SMILES string of the molecule is Cc1ccc(F)c(CN(C)S(=O)(=O)NCC(F)(F)F)c1. The predicted molar refractivity (Wildman–Crippen MR) is 65.6 cm³/mol. The van der Waals surface area contributed by atoms with E-state index in [1.807, 2.05) is 0 Å². The summed E-state index contributed by atoms with van der Waals surface area (Å²) < 4.78 is 74.6. The van der Waals surface area contributed by atoms with Crippen LogP contribution in [0.4, 0.5) is 17.6 Å². The molecule has 0 spiro atoms. The highest BCUT2D eigenvalue weighted by molar-refractivity contribution is 7.87. The number of nitrogens with zero attached hydrogens (tertiary/aromatic N) is 1. The Labute approximate surface area is 114 Å². The number of benzene rings is 1. The Balaban J connectivity index is 2.79.